The van der Waals surface area contributed by atoms with E-state index in [0.29, 0.717) is 12.8 Å². The zero-order chi connectivity index (χ0) is 15.6. The highest BCUT2D eigenvalue weighted by molar-refractivity contribution is 7.89. The smallest absolute Gasteiger partial charge is 0.238 e. The monoisotopic (exact) mass is 310 g/mol. The topological polar surface area (TPSA) is 89.3 Å². The van der Waals surface area contributed by atoms with E-state index in [2.05, 4.69) is 5.32 Å². The van der Waals surface area contributed by atoms with Crippen LogP contribution in [0, 0.1) is 5.92 Å². The molecule has 0 saturated heterocycles. The van der Waals surface area contributed by atoms with E-state index >= 15 is 0 Å². The lowest BCUT2D eigenvalue weighted by molar-refractivity contribution is -0.122. The summed E-state index contributed by atoms with van der Waals surface area (Å²) in [6.45, 7) is 3.86. The average Bonchev–Trinajstić information content (AvgIpc) is 2.35. The molecule has 1 aromatic carbocycles. The van der Waals surface area contributed by atoms with Crippen molar-refractivity contribution in [2.45, 2.75) is 50.8 Å². The van der Waals surface area contributed by atoms with Crippen LogP contribution >= 0.6 is 0 Å². The van der Waals surface area contributed by atoms with Crippen molar-refractivity contribution in [1.82, 2.24) is 0 Å². The summed E-state index contributed by atoms with van der Waals surface area (Å²) < 4.78 is 23.1. The van der Waals surface area contributed by atoms with Gasteiger partial charge in [0.2, 0.25) is 15.9 Å². The summed E-state index contributed by atoms with van der Waals surface area (Å²) in [6.07, 6.45) is 4.24. The molecule has 0 aliphatic heterocycles. The van der Waals surface area contributed by atoms with Gasteiger partial charge in [0.05, 0.1) is 4.90 Å². The van der Waals surface area contributed by atoms with E-state index in [1.165, 1.54) is 0 Å². The lowest BCUT2D eigenvalue weighted by Gasteiger charge is -2.25. The van der Waals surface area contributed by atoms with Gasteiger partial charge < -0.3 is 5.32 Å². The molecule has 5 nitrogen and oxygen atoms in total. The van der Waals surface area contributed by atoms with Crippen LogP contribution in [0.5, 0.6) is 0 Å². The summed E-state index contributed by atoms with van der Waals surface area (Å²) >= 11 is 0. The zero-order valence-electron chi connectivity index (χ0n) is 12.5. The third kappa shape index (κ3) is 3.44. The predicted octanol–water partition coefficient (Wildman–Crippen LogP) is 2.20. The van der Waals surface area contributed by atoms with Gasteiger partial charge in [0, 0.05) is 11.6 Å². The van der Waals surface area contributed by atoms with Gasteiger partial charge in [-0.15, -0.1) is 0 Å². The Bertz CT molecular complexity index is 624. The fraction of sp³-hybridized carbons (Fsp3) is 0.533. The van der Waals surface area contributed by atoms with Gasteiger partial charge in [0.1, 0.15) is 0 Å². The van der Waals surface area contributed by atoms with Crippen LogP contribution in [0.3, 0.4) is 0 Å². The number of nitrogens with two attached hydrogens (primary N) is 1. The first-order chi connectivity index (χ1) is 9.86. The van der Waals surface area contributed by atoms with Crippen molar-refractivity contribution < 1.29 is 13.2 Å². The van der Waals surface area contributed by atoms with Crippen LogP contribution in [-0.4, -0.2) is 14.3 Å². The number of primary sulfonamides is 1. The molecule has 3 N–H and O–H groups in total. The number of anilines is 1. The van der Waals surface area contributed by atoms with E-state index in [1.54, 1.807) is 12.1 Å². The standard InChI is InChI=1S/C15H22N2O3S/c1-3-10-8-13(21(16,19)20)9-11(4-2)14(10)17-15(18)12-6-5-7-12/h8-9,12H,3-7H2,1-2H3,(H,17,18)(H2,16,19,20). The van der Waals surface area contributed by atoms with E-state index in [1.807, 2.05) is 13.8 Å². The minimum atomic E-state index is -3.74. The number of hydrogen-bond acceptors (Lipinski definition) is 3. The number of nitrogens with one attached hydrogen (secondary N) is 1. The third-order valence-electron chi connectivity index (χ3n) is 4.09. The summed E-state index contributed by atoms with van der Waals surface area (Å²) in [6, 6.07) is 3.12. The lowest BCUT2D eigenvalue weighted by atomic mass is 9.84. The Morgan fingerprint density at radius 1 is 1.24 bits per heavy atom. The molecule has 21 heavy (non-hydrogen) atoms. The SMILES string of the molecule is CCc1cc(S(N)(=O)=O)cc(CC)c1NC(=O)C1CCC1. The second-order valence-electron chi connectivity index (χ2n) is 5.49. The molecule has 0 atom stereocenters. The summed E-state index contributed by atoms with van der Waals surface area (Å²) in [5.74, 6) is 0.131. The maximum absolute atomic E-state index is 12.2. The minimum Gasteiger partial charge on any atom is -0.325 e. The molecule has 0 heterocycles. The van der Waals surface area contributed by atoms with Crippen molar-refractivity contribution in [1.29, 1.82) is 0 Å². The number of carbonyl (C=O) groups is 1. The highest BCUT2D eigenvalue weighted by atomic mass is 32.2. The quantitative estimate of drug-likeness (QED) is 0.873. The highest BCUT2D eigenvalue weighted by Crippen LogP contribution is 2.31. The maximum atomic E-state index is 12.2. The minimum absolute atomic E-state index is 0.0361. The van der Waals surface area contributed by atoms with Gasteiger partial charge in [-0.1, -0.05) is 20.3 Å². The Morgan fingerprint density at radius 3 is 2.10 bits per heavy atom. The first-order valence-electron chi connectivity index (χ1n) is 7.36. The number of sulfonamides is 1. The Labute approximate surface area is 126 Å². The molecule has 1 aliphatic carbocycles. The molecule has 116 valence electrons. The molecule has 1 aliphatic rings. The molecule has 0 radical (unpaired) electrons. The summed E-state index contributed by atoms with van der Waals surface area (Å²) in [5, 5.41) is 8.21. The van der Waals surface area contributed by atoms with Crippen LogP contribution in [0.15, 0.2) is 17.0 Å². The van der Waals surface area contributed by atoms with Crippen LogP contribution in [0.25, 0.3) is 0 Å². The van der Waals surface area contributed by atoms with E-state index in [4.69, 9.17) is 5.14 Å². The molecule has 2 rings (SSSR count). The summed E-state index contributed by atoms with van der Waals surface area (Å²) in [5.41, 5.74) is 2.38. The van der Waals surface area contributed by atoms with Gasteiger partial charge in [-0.05, 0) is 48.9 Å². The van der Waals surface area contributed by atoms with Gasteiger partial charge >= 0.3 is 0 Å². The van der Waals surface area contributed by atoms with Crippen LogP contribution < -0.4 is 10.5 Å². The average molecular weight is 310 g/mol. The van der Waals surface area contributed by atoms with Gasteiger partial charge in [0.25, 0.3) is 0 Å². The lowest BCUT2D eigenvalue weighted by Crippen LogP contribution is -2.29. The fourth-order valence-corrected chi connectivity index (χ4v) is 3.13. The van der Waals surface area contributed by atoms with Crippen molar-refractivity contribution in [2.75, 3.05) is 5.32 Å². The Hall–Kier alpha value is -1.40. The predicted molar refractivity (Wildman–Crippen MR) is 82.5 cm³/mol. The molecule has 1 amide bonds. The number of aryl methyl sites for hydroxylation is 2. The van der Waals surface area contributed by atoms with Gasteiger partial charge in [-0.3, -0.25) is 4.79 Å². The summed E-state index contributed by atoms with van der Waals surface area (Å²) in [4.78, 5) is 12.3. The molecule has 1 aromatic rings. The zero-order valence-corrected chi connectivity index (χ0v) is 13.3. The molecule has 1 saturated carbocycles. The van der Waals surface area contributed by atoms with Crippen LogP contribution in [-0.2, 0) is 27.7 Å². The molecule has 0 bridgehead atoms. The molecular formula is C15H22N2O3S. The second kappa shape index (κ2) is 6.15. The normalized spacial score (nSPS) is 15.6. The van der Waals surface area contributed by atoms with Crippen molar-refractivity contribution in [3.05, 3.63) is 23.3 Å². The molecule has 0 aromatic heterocycles. The Kier molecular flexibility index (Phi) is 4.68. The van der Waals surface area contributed by atoms with Crippen molar-refractivity contribution >= 4 is 21.6 Å². The van der Waals surface area contributed by atoms with E-state index < -0.39 is 10.0 Å². The molecule has 0 spiro atoms. The van der Waals surface area contributed by atoms with E-state index in [9.17, 15) is 13.2 Å². The number of benzene rings is 1. The first-order valence-corrected chi connectivity index (χ1v) is 8.90. The Morgan fingerprint density at radius 2 is 1.76 bits per heavy atom. The third-order valence-corrected chi connectivity index (χ3v) is 4.98. The molecule has 0 unspecified atom stereocenters. The number of hydrogen-bond donors (Lipinski definition) is 2. The van der Waals surface area contributed by atoms with Gasteiger partial charge in [-0.25, -0.2) is 13.6 Å². The molecule has 1 fully saturated rings. The first kappa shape index (κ1) is 16.0. The fourth-order valence-electron chi connectivity index (χ4n) is 2.51. The van der Waals surface area contributed by atoms with Gasteiger partial charge in [0.15, 0.2) is 0 Å². The van der Waals surface area contributed by atoms with Crippen molar-refractivity contribution in [3.8, 4) is 0 Å². The number of carbonyl (C=O) groups excluding carboxylic acids is 1. The van der Waals surface area contributed by atoms with Crippen LogP contribution in [0.4, 0.5) is 5.69 Å². The van der Waals surface area contributed by atoms with Crippen molar-refractivity contribution in [2.24, 2.45) is 11.1 Å². The Balaban J connectivity index is 2.41. The highest BCUT2D eigenvalue weighted by Gasteiger charge is 2.26. The second-order valence-corrected chi connectivity index (χ2v) is 7.05. The van der Waals surface area contributed by atoms with E-state index in [-0.39, 0.29) is 16.7 Å². The van der Waals surface area contributed by atoms with Crippen LogP contribution in [0.2, 0.25) is 0 Å². The van der Waals surface area contributed by atoms with Gasteiger partial charge in [-0.2, -0.15) is 0 Å². The molecular weight excluding hydrogens is 288 g/mol. The molecule has 6 heteroatoms. The van der Waals surface area contributed by atoms with E-state index in [0.717, 1.165) is 36.1 Å². The number of amides is 1. The van der Waals surface area contributed by atoms with Crippen molar-refractivity contribution in [3.63, 3.8) is 0 Å². The largest absolute Gasteiger partial charge is 0.325 e. The maximum Gasteiger partial charge on any atom is 0.238 e. The number of rotatable bonds is 5. The summed E-state index contributed by atoms with van der Waals surface area (Å²) in [7, 11) is -3.74. The van der Waals surface area contributed by atoms with Crippen LogP contribution in [0.1, 0.15) is 44.2 Å².